The molecule has 2 unspecified atom stereocenters. The zero-order valence-electron chi connectivity index (χ0n) is 11.9. The largest absolute Gasteiger partial charge is 0.393 e. The fourth-order valence-electron chi connectivity index (χ4n) is 3.78. The fourth-order valence-corrected chi connectivity index (χ4v) is 3.78. The van der Waals surface area contributed by atoms with Gasteiger partial charge in [0.15, 0.2) is 0 Å². The lowest BCUT2D eigenvalue weighted by Gasteiger charge is -2.35. The summed E-state index contributed by atoms with van der Waals surface area (Å²) in [6.45, 7) is 6.14. The fraction of sp³-hybridized carbons (Fsp3) is 1.00. The van der Waals surface area contributed by atoms with Gasteiger partial charge in [-0.15, -0.1) is 0 Å². The zero-order valence-corrected chi connectivity index (χ0v) is 11.9. The standard InChI is InChI=1S/C15H30N2O/c1-13(18)14-6-9-17(10-14)12-15(11-16)7-4-2-3-5-8-15/h13-14,18H,2-12,16H2,1H3. The van der Waals surface area contributed by atoms with Gasteiger partial charge in [-0.3, -0.25) is 0 Å². The maximum absolute atomic E-state index is 9.69. The Bertz CT molecular complexity index is 247. The molecule has 3 nitrogen and oxygen atoms in total. The first-order valence-electron chi connectivity index (χ1n) is 7.76. The topological polar surface area (TPSA) is 49.5 Å². The van der Waals surface area contributed by atoms with E-state index < -0.39 is 0 Å². The highest BCUT2D eigenvalue weighted by Crippen LogP contribution is 2.36. The van der Waals surface area contributed by atoms with Crippen LogP contribution in [0.25, 0.3) is 0 Å². The van der Waals surface area contributed by atoms with Gasteiger partial charge in [0.25, 0.3) is 0 Å². The van der Waals surface area contributed by atoms with Crippen molar-refractivity contribution < 1.29 is 5.11 Å². The average Bonchev–Trinajstić information content (AvgIpc) is 2.69. The maximum atomic E-state index is 9.69. The van der Waals surface area contributed by atoms with E-state index in [9.17, 15) is 5.11 Å². The van der Waals surface area contributed by atoms with Crippen molar-refractivity contribution in [3.63, 3.8) is 0 Å². The Hall–Kier alpha value is -0.120. The van der Waals surface area contributed by atoms with Crippen LogP contribution in [0.4, 0.5) is 0 Å². The van der Waals surface area contributed by atoms with Gasteiger partial charge in [-0.25, -0.2) is 0 Å². The number of hydrogen-bond acceptors (Lipinski definition) is 3. The molecule has 0 aromatic rings. The molecule has 0 aromatic carbocycles. The third kappa shape index (κ3) is 3.46. The molecule has 0 bridgehead atoms. The summed E-state index contributed by atoms with van der Waals surface area (Å²) < 4.78 is 0. The summed E-state index contributed by atoms with van der Waals surface area (Å²) >= 11 is 0. The molecule has 1 aliphatic heterocycles. The Morgan fingerprint density at radius 3 is 2.44 bits per heavy atom. The number of aliphatic hydroxyl groups excluding tert-OH is 1. The lowest BCUT2D eigenvalue weighted by Crippen LogP contribution is -2.42. The van der Waals surface area contributed by atoms with Gasteiger partial charge in [-0.05, 0) is 50.6 Å². The van der Waals surface area contributed by atoms with E-state index in [1.165, 1.54) is 38.5 Å². The normalized spacial score (nSPS) is 31.2. The second kappa shape index (κ2) is 6.36. The molecule has 2 atom stereocenters. The molecule has 3 heteroatoms. The highest BCUT2D eigenvalue weighted by atomic mass is 16.3. The summed E-state index contributed by atoms with van der Waals surface area (Å²) in [6, 6.07) is 0. The van der Waals surface area contributed by atoms with Crippen molar-refractivity contribution in [1.29, 1.82) is 0 Å². The van der Waals surface area contributed by atoms with Crippen molar-refractivity contribution in [3.05, 3.63) is 0 Å². The smallest absolute Gasteiger partial charge is 0.0552 e. The molecule has 3 N–H and O–H groups in total. The molecule has 1 heterocycles. The van der Waals surface area contributed by atoms with Gasteiger partial charge < -0.3 is 15.7 Å². The van der Waals surface area contributed by atoms with Crippen LogP contribution < -0.4 is 5.73 Å². The van der Waals surface area contributed by atoms with Gasteiger partial charge in [0.1, 0.15) is 0 Å². The van der Waals surface area contributed by atoms with Crippen molar-refractivity contribution in [2.45, 2.75) is 58.0 Å². The van der Waals surface area contributed by atoms with Crippen molar-refractivity contribution in [3.8, 4) is 0 Å². The maximum Gasteiger partial charge on any atom is 0.0552 e. The molecule has 18 heavy (non-hydrogen) atoms. The quantitative estimate of drug-likeness (QED) is 0.754. The number of likely N-dealkylation sites (tertiary alicyclic amines) is 1. The zero-order chi connectivity index (χ0) is 13.0. The molecule has 2 fully saturated rings. The molecule has 106 valence electrons. The molecule has 1 aliphatic carbocycles. The Labute approximate surface area is 112 Å². The van der Waals surface area contributed by atoms with Crippen LogP contribution >= 0.6 is 0 Å². The van der Waals surface area contributed by atoms with E-state index in [0.717, 1.165) is 32.6 Å². The molecule has 2 rings (SSSR count). The van der Waals surface area contributed by atoms with Gasteiger partial charge in [0.05, 0.1) is 6.10 Å². The summed E-state index contributed by atoms with van der Waals surface area (Å²) in [5.41, 5.74) is 6.47. The molecule has 1 saturated carbocycles. The van der Waals surface area contributed by atoms with Crippen molar-refractivity contribution >= 4 is 0 Å². The van der Waals surface area contributed by atoms with Gasteiger partial charge in [-0.2, -0.15) is 0 Å². The molecule has 1 saturated heterocycles. The first-order valence-corrected chi connectivity index (χ1v) is 7.76. The monoisotopic (exact) mass is 254 g/mol. The highest BCUT2D eigenvalue weighted by molar-refractivity contribution is 4.89. The average molecular weight is 254 g/mol. The second-order valence-corrected chi connectivity index (χ2v) is 6.64. The Morgan fingerprint density at radius 1 is 1.28 bits per heavy atom. The Kier molecular flexibility index (Phi) is 5.05. The van der Waals surface area contributed by atoms with Crippen LogP contribution in [-0.2, 0) is 0 Å². The minimum atomic E-state index is -0.155. The molecular weight excluding hydrogens is 224 g/mol. The lowest BCUT2D eigenvalue weighted by atomic mass is 9.80. The third-order valence-corrected chi connectivity index (χ3v) is 5.15. The van der Waals surface area contributed by atoms with Gasteiger partial charge in [0.2, 0.25) is 0 Å². The first-order chi connectivity index (χ1) is 8.65. The SMILES string of the molecule is CC(O)C1CCN(CC2(CN)CCCCCC2)C1. The van der Waals surface area contributed by atoms with Crippen molar-refractivity contribution in [1.82, 2.24) is 4.90 Å². The number of hydrogen-bond donors (Lipinski definition) is 2. The highest BCUT2D eigenvalue weighted by Gasteiger charge is 2.35. The van der Waals surface area contributed by atoms with E-state index in [0.29, 0.717) is 11.3 Å². The van der Waals surface area contributed by atoms with Gasteiger partial charge in [0, 0.05) is 13.1 Å². The van der Waals surface area contributed by atoms with Crippen molar-refractivity contribution in [2.75, 3.05) is 26.2 Å². The van der Waals surface area contributed by atoms with E-state index in [4.69, 9.17) is 5.73 Å². The van der Waals surface area contributed by atoms with Crippen molar-refractivity contribution in [2.24, 2.45) is 17.1 Å². The summed E-state index contributed by atoms with van der Waals surface area (Å²) in [6.07, 6.45) is 9.08. The first kappa shape index (κ1) is 14.3. The summed E-state index contributed by atoms with van der Waals surface area (Å²) in [7, 11) is 0. The van der Waals surface area contributed by atoms with Crippen LogP contribution in [0.1, 0.15) is 51.9 Å². The van der Waals surface area contributed by atoms with Crippen LogP contribution in [0.3, 0.4) is 0 Å². The summed E-state index contributed by atoms with van der Waals surface area (Å²) in [5.74, 6) is 0.477. The van der Waals surface area contributed by atoms with E-state index >= 15 is 0 Å². The van der Waals surface area contributed by atoms with Crippen LogP contribution in [0.15, 0.2) is 0 Å². The molecule has 0 spiro atoms. The number of nitrogens with two attached hydrogens (primary N) is 1. The van der Waals surface area contributed by atoms with Crippen LogP contribution in [-0.4, -0.2) is 42.3 Å². The third-order valence-electron chi connectivity index (χ3n) is 5.15. The van der Waals surface area contributed by atoms with E-state index in [-0.39, 0.29) is 6.10 Å². The molecule has 0 amide bonds. The predicted octanol–water partition coefficient (Wildman–Crippen LogP) is 1.99. The van der Waals surface area contributed by atoms with Gasteiger partial charge >= 0.3 is 0 Å². The minimum absolute atomic E-state index is 0.155. The number of rotatable bonds is 4. The molecular formula is C15H30N2O. The predicted molar refractivity (Wildman–Crippen MR) is 75.4 cm³/mol. The Morgan fingerprint density at radius 2 is 1.94 bits per heavy atom. The van der Waals surface area contributed by atoms with E-state index in [2.05, 4.69) is 4.90 Å². The minimum Gasteiger partial charge on any atom is -0.393 e. The molecule has 2 aliphatic rings. The summed E-state index contributed by atoms with van der Waals surface area (Å²) in [5, 5.41) is 9.69. The van der Waals surface area contributed by atoms with E-state index in [1.54, 1.807) is 0 Å². The van der Waals surface area contributed by atoms with Crippen LogP contribution in [0, 0.1) is 11.3 Å². The van der Waals surface area contributed by atoms with Crippen LogP contribution in [0.2, 0.25) is 0 Å². The number of nitrogens with zero attached hydrogens (tertiary/aromatic N) is 1. The van der Waals surface area contributed by atoms with E-state index in [1.807, 2.05) is 6.92 Å². The second-order valence-electron chi connectivity index (χ2n) is 6.64. The van der Waals surface area contributed by atoms with Gasteiger partial charge in [-0.1, -0.05) is 25.7 Å². The molecule has 0 aromatic heterocycles. The van der Waals surface area contributed by atoms with Crippen LogP contribution in [0.5, 0.6) is 0 Å². The molecule has 0 radical (unpaired) electrons. The number of aliphatic hydroxyl groups is 1. The summed E-state index contributed by atoms with van der Waals surface area (Å²) in [4.78, 5) is 2.55. The Balaban J connectivity index is 1.90. The lowest BCUT2D eigenvalue weighted by molar-refractivity contribution is 0.113.